The van der Waals surface area contributed by atoms with Crippen LogP contribution in [0.1, 0.15) is 11.1 Å². The SMILES string of the molecule is COc1ccc(CN=C(N)NCc2ccc(Oc3ccccc3OC)cc2)cc1OC. The molecular weight excluding hydrogens is 394 g/mol. The molecule has 31 heavy (non-hydrogen) atoms. The molecule has 7 heteroatoms. The fraction of sp³-hybridized carbons (Fsp3) is 0.208. The zero-order chi connectivity index (χ0) is 22.1. The zero-order valence-electron chi connectivity index (χ0n) is 17.9. The summed E-state index contributed by atoms with van der Waals surface area (Å²) in [6.07, 6.45) is 0. The molecule has 7 nitrogen and oxygen atoms in total. The van der Waals surface area contributed by atoms with E-state index in [4.69, 9.17) is 24.7 Å². The van der Waals surface area contributed by atoms with E-state index in [0.717, 1.165) is 16.9 Å². The zero-order valence-corrected chi connectivity index (χ0v) is 17.9. The van der Waals surface area contributed by atoms with Gasteiger partial charge in [0.1, 0.15) is 5.75 Å². The first-order valence-corrected chi connectivity index (χ1v) is 9.77. The third kappa shape index (κ3) is 6.05. The van der Waals surface area contributed by atoms with Crippen LogP contribution in [0, 0.1) is 0 Å². The van der Waals surface area contributed by atoms with Crippen LogP contribution in [0.3, 0.4) is 0 Å². The van der Waals surface area contributed by atoms with Gasteiger partial charge >= 0.3 is 0 Å². The summed E-state index contributed by atoms with van der Waals surface area (Å²) in [5.41, 5.74) is 8.03. The van der Waals surface area contributed by atoms with Crippen molar-refractivity contribution in [1.82, 2.24) is 5.32 Å². The number of nitrogens with zero attached hydrogens (tertiary/aromatic N) is 1. The third-order valence-electron chi connectivity index (χ3n) is 4.57. The molecular formula is C24H27N3O4. The highest BCUT2D eigenvalue weighted by Gasteiger charge is 2.06. The largest absolute Gasteiger partial charge is 0.493 e. The molecule has 0 fully saturated rings. The molecule has 0 aliphatic carbocycles. The number of rotatable bonds is 9. The first-order chi connectivity index (χ1) is 15.1. The van der Waals surface area contributed by atoms with Gasteiger partial charge in [0.15, 0.2) is 29.0 Å². The minimum absolute atomic E-state index is 0.365. The fourth-order valence-electron chi connectivity index (χ4n) is 2.91. The van der Waals surface area contributed by atoms with Gasteiger partial charge in [-0.1, -0.05) is 30.3 Å². The normalized spacial score (nSPS) is 11.0. The predicted octanol–water partition coefficient (Wildman–Crippen LogP) is 4.11. The highest BCUT2D eigenvalue weighted by molar-refractivity contribution is 5.77. The Labute approximate surface area is 182 Å². The second-order valence-electron chi connectivity index (χ2n) is 6.64. The van der Waals surface area contributed by atoms with Gasteiger partial charge in [-0.2, -0.15) is 0 Å². The standard InChI is InChI=1S/C24H27N3O4/c1-28-20-6-4-5-7-22(20)31-19-11-8-17(9-12-19)15-26-24(25)27-16-18-10-13-21(29-2)23(14-18)30-3/h4-14H,15-16H2,1-3H3,(H3,25,26,27). The van der Waals surface area contributed by atoms with Gasteiger partial charge in [-0.3, -0.25) is 0 Å². The summed E-state index contributed by atoms with van der Waals surface area (Å²) >= 11 is 0. The van der Waals surface area contributed by atoms with Crippen molar-refractivity contribution in [2.75, 3.05) is 21.3 Å². The average molecular weight is 421 g/mol. The summed E-state index contributed by atoms with van der Waals surface area (Å²) in [5, 5.41) is 3.12. The molecule has 0 unspecified atom stereocenters. The van der Waals surface area contributed by atoms with Crippen molar-refractivity contribution in [3.05, 3.63) is 77.9 Å². The van der Waals surface area contributed by atoms with Crippen LogP contribution in [0.15, 0.2) is 71.7 Å². The van der Waals surface area contributed by atoms with Gasteiger partial charge in [0.25, 0.3) is 0 Å². The number of nitrogens with one attached hydrogen (secondary N) is 1. The number of hydrogen-bond donors (Lipinski definition) is 2. The highest BCUT2D eigenvalue weighted by atomic mass is 16.5. The van der Waals surface area contributed by atoms with Crippen molar-refractivity contribution < 1.29 is 18.9 Å². The molecule has 0 bridgehead atoms. The highest BCUT2D eigenvalue weighted by Crippen LogP contribution is 2.31. The van der Waals surface area contributed by atoms with E-state index in [1.807, 2.05) is 66.7 Å². The van der Waals surface area contributed by atoms with Crippen molar-refractivity contribution >= 4 is 5.96 Å². The molecule has 0 saturated carbocycles. The van der Waals surface area contributed by atoms with Gasteiger partial charge < -0.3 is 30.0 Å². The molecule has 0 atom stereocenters. The van der Waals surface area contributed by atoms with Crippen molar-refractivity contribution in [3.63, 3.8) is 0 Å². The van der Waals surface area contributed by atoms with Crippen LogP contribution in [-0.2, 0) is 13.1 Å². The lowest BCUT2D eigenvalue weighted by molar-refractivity contribution is 0.354. The van der Waals surface area contributed by atoms with E-state index in [0.29, 0.717) is 42.0 Å². The molecule has 0 aromatic heterocycles. The minimum atomic E-state index is 0.365. The predicted molar refractivity (Wildman–Crippen MR) is 121 cm³/mol. The van der Waals surface area contributed by atoms with Crippen LogP contribution in [0.4, 0.5) is 0 Å². The molecule has 0 heterocycles. The van der Waals surface area contributed by atoms with Crippen molar-refractivity contribution in [1.29, 1.82) is 0 Å². The van der Waals surface area contributed by atoms with Gasteiger partial charge in [-0.15, -0.1) is 0 Å². The molecule has 0 aliphatic heterocycles. The fourth-order valence-corrected chi connectivity index (χ4v) is 2.91. The molecule has 3 aromatic carbocycles. The van der Waals surface area contributed by atoms with E-state index in [9.17, 15) is 0 Å². The maximum Gasteiger partial charge on any atom is 0.189 e. The Morgan fingerprint density at radius 2 is 1.39 bits per heavy atom. The second-order valence-corrected chi connectivity index (χ2v) is 6.64. The number of methoxy groups -OCH3 is 3. The lowest BCUT2D eigenvalue weighted by Crippen LogP contribution is -2.31. The number of hydrogen-bond acceptors (Lipinski definition) is 5. The maximum absolute atomic E-state index is 6.00. The first kappa shape index (κ1) is 21.8. The Hall–Kier alpha value is -3.87. The Morgan fingerprint density at radius 3 is 2.06 bits per heavy atom. The number of guanidine groups is 1. The number of aliphatic imine (C=N–C) groups is 1. The smallest absolute Gasteiger partial charge is 0.189 e. The van der Waals surface area contributed by atoms with Gasteiger partial charge in [0.05, 0.1) is 27.9 Å². The monoisotopic (exact) mass is 421 g/mol. The van der Waals surface area contributed by atoms with Crippen LogP contribution in [0.2, 0.25) is 0 Å². The van der Waals surface area contributed by atoms with Crippen LogP contribution in [0.5, 0.6) is 28.7 Å². The molecule has 3 aromatic rings. The molecule has 0 saturated heterocycles. The van der Waals surface area contributed by atoms with Crippen LogP contribution >= 0.6 is 0 Å². The number of ether oxygens (including phenoxy) is 4. The van der Waals surface area contributed by atoms with Crippen LogP contribution in [-0.4, -0.2) is 27.3 Å². The summed E-state index contributed by atoms with van der Waals surface area (Å²) in [7, 11) is 4.83. The molecule has 3 N–H and O–H groups in total. The van der Waals surface area contributed by atoms with Gasteiger partial charge in [-0.25, -0.2) is 4.99 Å². The number of para-hydroxylation sites is 2. The summed E-state index contributed by atoms with van der Waals surface area (Å²) in [5.74, 6) is 3.79. The van der Waals surface area contributed by atoms with Crippen molar-refractivity contribution in [2.45, 2.75) is 13.1 Å². The van der Waals surface area contributed by atoms with Gasteiger partial charge in [-0.05, 0) is 47.5 Å². The maximum atomic E-state index is 6.00. The van der Waals surface area contributed by atoms with Gasteiger partial charge in [0, 0.05) is 6.54 Å². The van der Waals surface area contributed by atoms with E-state index in [1.54, 1.807) is 21.3 Å². The lowest BCUT2D eigenvalue weighted by Gasteiger charge is -2.11. The molecule has 3 rings (SSSR count). The topological polar surface area (TPSA) is 87.3 Å². The summed E-state index contributed by atoms with van der Waals surface area (Å²) in [6, 6.07) is 20.9. The molecule has 0 aliphatic rings. The van der Waals surface area contributed by atoms with E-state index in [2.05, 4.69) is 10.3 Å². The second kappa shape index (κ2) is 10.8. The van der Waals surface area contributed by atoms with E-state index in [-0.39, 0.29) is 0 Å². The van der Waals surface area contributed by atoms with Gasteiger partial charge in [0.2, 0.25) is 0 Å². The molecule has 0 amide bonds. The van der Waals surface area contributed by atoms with Crippen molar-refractivity contribution in [2.24, 2.45) is 10.7 Å². The molecule has 162 valence electrons. The minimum Gasteiger partial charge on any atom is -0.493 e. The van der Waals surface area contributed by atoms with E-state index < -0.39 is 0 Å². The summed E-state index contributed by atoms with van der Waals surface area (Å²) < 4.78 is 21.8. The molecule has 0 spiro atoms. The Morgan fingerprint density at radius 1 is 0.774 bits per heavy atom. The molecule has 0 radical (unpaired) electrons. The summed E-state index contributed by atoms with van der Waals surface area (Å²) in [6.45, 7) is 0.987. The third-order valence-corrected chi connectivity index (χ3v) is 4.57. The lowest BCUT2D eigenvalue weighted by atomic mass is 10.2. The Bertz CT molecular complexity index is 1020. The average Bonchev–Trinajstić information content (AvgIpc) is 2.82. The Kier molecular flexibility index (Phi) is 7.59. The van der Waals surface area contributed by atoms with Crippen LogP contribution < -0.4 is 30.0 Å². The summed E-state index contributed by atoms with van der Waals surface area (Å²) in [4.78, 5) is 4.38. The van der Waals surface area contributed by atoms with Crippen LogP contribution in [0.25, 0.3) is 0 Å². The quantitative estimate of drug-likeness (QED) is 0.399. The van der Waals surface area contributed by atoms with Crippen molar-refractivity contribution in [3.8, 4) is 28.7 Å². The number of benzene rings is 3. The van der Waals surface area contributed by atoms with E-state index in [1.165, 1.54) is 0 Å². The van der Waals surface area contributed by atoms with E-state index >= 15 is 0 Å². The first-order valence-electron chi connectivity index (χ1n) is 9.77. The number of nitrogens with two attached hydrogens (primary N) is 1. The Balaban J connectivity index is 1.53.